The smallest absolute Gasteiger partial charge is 0.256 e. The number of rotatable bonds is 5. The van der Waals surface area contributed by atoms with Gasteiger partial charge in [0.25, 0.3) is 5.91 Å². The number of hydrogen-bond donors (Lipinski definition) is 1. The molecule has 1 atom stereocenters. The summed E-state index contributed by atoms with van der Waals surface area (Å²) in [4.78, 5) is 13.2. The maximum atomic E-state index is 13.8. The van der Waals surface area contributed by atoms with Gasteiger partial charge in [0.05, 0.1) is 10.5 Å². The summed E-state index contributed by atoms with van der Waals surface area (Å²) in [5.41, 5.74) is -0.164. The topological polar surface area (TPSA) is 80.5 Å². The quantitative estimate of drug-likeness (QED) is 0.897. The molecule has 7 heteroatoms. The van der Waals surface area contributed by atoms with E-state index >= 15 is 0 Å². The fraction of sp³-hybridized carbons (Fsp3) is 0.462. The van der Waals surface area contributed by atoms with Crippen LogP contribution in [0.15, 0.2) is 23.1 Å². The molecule has 0 heterocycles. The van der Waals surface area contributed by atoms with E-state index in [9.17, 15) is 17.6 Å². The molecule has 20 heavy (non-hydrogen) atoms. The molecule has 1 amide bonds. The van der Waals surface area contributed by atoms with Gasteiger partial charge >= 0.3 is 0 Å². The van der Waals surface area contributed by atoms with Gasteiger partial charge in [-0.05, 0) is 24.1 Å². The molecule has 0 radical (unpaired) electrons. The van der Waals surface area contributed by atoms with Gasteiger partial charge < -0.3 is 4.90 Å². The van der Waals surface area contributed by atoms with Crippen molar-refractivity contribution < 1.29 is 17.6 Å². The Labute approximate surface area is 118 Å². The Morgan fingerprint density at radius 1 is 1.45 bits per heavy atom. The molecule has 1 unspecified atom stereocenters. The van der Waals surface area contributed by atoms with Crippen LogP contribution in [0.4, 0.5) is 4.39 Å². The summed E-state index contributed by atoms with van der Waals surface area (Å²) < 4.78 is 36.0. The van der Waals surface area contributed by atoms with Crippen LogP contribution < -0.4 is 5.14 Å². The zero-order valence-corrected chi connectivity index (χ0v) is 12.6. The lowest BCUT2D eigenvalue weighted by Crippen LogP contribution is -2.31. The van der Waals surface area contributed by atoms with Crippen molar-refractivity contribution in [2.24, 2.45) is 11.1 Å². The fourth-order valence-electron chi connectivity index (χ4n) is 1.73. The number of benzene rings is 1. The zero-order valence-electron chi connectivity index (χ0n) is 11.8. The van der Waals surface area contributed by atoms with E-state index in [4.69, 9.17) is 5.14 Å². The first kappa shape index (κ1) is 16.6. The van der Waals surface area contributed by atoms with Crippen molar-refractivity contribution in [1.82, 2.24) is 4.90 Å². The second kappa shape index (κ2) is 6.32. The lowest BCUT2D eigenvalue weighted by Gasteiger charge is -2.21. The predicted octanol–water partition coefficient (Wildman–Crippen LogP) is 1.59. The van der Waals surface area contributed by atoms with Crippen LogP contribution in [-0.2, 0) is 10.0 Å². The van der Waals surface area contributed by atoms with Gasteiger partial charge in [0.2, 0.25) is 10.0 Å². The Morgan fingerprint density at radius 3 is 2.50 bits per heavy atom. The number of sulfonamides is 1. The molecule has 0 saturated heterocycles. The van der Waals surface area contributed by atoms with Crippen LogP contribution in [0.1, 0.15) is 30.6 Å². The average Bonchev–Trinajstić information content (AvgIpc) is 2.36. The minimum absolute atomic E-state index is 0.164. The molecule has 2 N–H and O–H groups in total. The first-order valence-corrected chi connectivity index (χ1v) is 7.79. The molecule has 0 aliphatic rings. The maximum Gasteiger partial charge on any atom is 0.256 e. The Kier molecular flexibility index (Phi) is 5.24. The maximum absolute atomic E-state index is 13.8. The van der Waals surface area contributed by atoms with Crippen LogP contribution in [0.25, 0.3) is 0 Å². The van der Waals surface area contributed by atoms with E-state index in [1.807, 2.05) is 13.8 Å². The monoisotopic (exact) mass is 302 g/mol. The van der Waals surface area contributed by atoms with Gasteiger partial charge in [-0.25, -0.2) is 17.9 Å². The van der Waals surface area contributed by atoms with E-state index in [1.54, 1.807) is 7.05 Å². The molecule has 0 fully saturated rings. The van der Waals surface area contributed by atoms with Gasteiger partial charge in [-0.1, -0.05) is 20.3 Å². The molecule has 0 saturated carbocycles. The van der Waals surface area contributed by atoms with Crippen LogP contribution in [-0.4, -0.2) is 32.8 Å². The van der Waals surface area contributed by atoms with Gasteiger partial charge in [0, 0.05) is 13.6 Å². The van der Waals surface area contributed by atoms with Crippen molar-refractivity contribution in [1.29, 1.82) is 0 Å². The lowest BCUT2D eigenvalue weighted by molar-refractivity contribution is 0.0770. The molecule has 0 spiro atoms. The molecule has 0 aromatic heterocycles. The third kappa shape index (κ3) is 4.01. The third-order valence-corrected chi connectivity index (χ3v) is 4.04. The van der Waals surface area contributed by atoms with Crippen LogP contribution in [0.5, 0.6) is 0 Å². The van der Waals surface area contributed by atoms with Crippen LogP contribution >= 0.6 is 0 Å². The largest absolute Gasteiger partial charge is 0.341 e. The molecule has 0 bridgehead atoms. The molecule has 0 aliphatic heterocycles. The third-order valence-electron chi connectivity index (χ3n) is 3.13. The fourth-order valence-corrected chi connectivity index (χ4v) is 2.26. The minimum atomic E-state index is -3.98. The summed E-state index contributed by atoms with van der Waals surface area (Å²) in [6.45, 7) is 4.50. The Morgan fingerprint density at radius 2 is 2.05 bits per heavy atom. The summed E-state index contributed by atoms with van der Waals surface area (Å²) in [5, 5.41) is 4.91. The van der Waals surface area contributed by atoms with Crippen molar-refractivity contribution in [2.75, 3.05) is 13.6 Å². The highest BCUT2D eigenvalue weighted by molar-refractivity contribution is 7.89. The van der Waals surface area contributed by atoms with Crippen molar-refractivity contribution in [3.05, 3.63) is 29.6 Å². The SMILES string of the molecule is CCC(C)CN(C)C(=O)c1ccc(S(N)(=O)=O)cc1F. The van der Waals surface area contributed by atoms with E-state index in [2.05, 4.69) is 0 Å². The van der Waals surface area contributed by atoms with E-state index < -0.39 is 21.7 Å². The summed E-state index contributed by atoms with van der Waals surface area (Å²) >= 11 is 0. The van der Waals surface area contributed by atoms with Gasteiger partial charge in [0.15, 0.2) is 0 Å². The summed E-state index contributed by atoms with van der Waals surface area (Å²) in [5.74, 6) is -1.07. The highest BCUT2D eigenvalue weighted by Crippen LogP contribution is 2.16. The Hall–Kier alpha value is -1.47. The standard InChI is InChI=1S/C13H19FN2O3S/c1-4-9(2)8-16(3)13(17)11-6-5-10(7-12(11)14)20(15,18)19/h5-7,9H,4,8H2,1-3H3,(H2,15,18,19). The van der Waals surface area contributed by atoms with Crippen LogP contribution in [0.2, 0.25) is 0 Å². The van der Waals surface area contributed by atoms with Gasteiger partial charge in [0.1, 0.15) is 5.82 Å². The summed E-state index contributed by atoms with van der Waals surface area (Å²) in [6.07, 6.45) is 0.907. The molecule has 0 aliphatic carbocycles. The number of primary sulfonamides is 1. The average molecular weight is 302 g/mol. The Bertz CT molecular complexity index is 602. The number of carbonyl (C=O) groups is 1. The van der Waals surface area contributed by atoms with E-state index in [0.29, 0.717) is 12.5 Å². The van der Waals surface area contributed by atoms with Crippen molar-refractivity contribution in [2.45, 2.75) is 25.2 Å². The highest BCUT2D eigenvalue weighted by atomic mass is 32.2. The van der Waals surface area contributed by atoms with Crippen molar-refractivity contribution >= 4 is 15.9 Å². The van der Waals surface area contributed by atoms with Crippen molar-refractivity contribution in [3.63, 3.8) is 0 Å². The predicted molar refractivity (Wildman–Crippen MR) is 74.2 cm³/mol. The van der Waals surface area contributed by atoms with Gasteiger partial charge in [-0.15, -0.1) is 0 Å². The molecule has 5 nitrogen and oxygen atoms in total. The minimum Gasteiger partial charge on any atom is -0.341 e. The summed E-state index contributed by atoms with van der Waals surface area (Å²) in [7, 11) is -2.39. The number of amides is 1. The molecule has 1 aromatic rings. The van der Waals surface area contributed by atoms with Gasteiger partial charge in [-0.3, -0.25) is 4.79 Å². The first-order chi connectivity index (χ1) is 9.16. The number of halogens is 1. The molecule has 1 aromatic carbocycles. The van der Waals surface area contributed by atoms with Crippen molar-refractivity contribution in [3.8, 4) is 0 Å². The molecule has 112 valence electrons. The molecule has 1 rings (SSSR count). The number of nitrogens with two attached hydrogens (primary N) is 1. The summed E-state index contributed by atoms with van der Waals surface area (Å²) in [6, 6.07) is 3.03. The van der Waals surface area contributed by atoms with E-state index in [0.717, 1.165) is 24.6 Å². The van der Waals surface area contributed by atoms with Crippen LogP contribution in [0.3, 0.4) is 0 Å². The number of nitrogens with zero attached hydrogens (tertiary/aromatic N) is 1. The second-order valence-corrected chi connectivity index (χ2v) is 6.45. The number of hydrogen-bond acceptors (Lipinski definition) is 3. The van der Waals surface area contributed by atoms with Gasteiger partial charge in [-0.2, -0.15) is 0 Å². The van der Waals surface area contributed by atoms with E-state index in [1.165, 1.54) is 4.90 Å². The Balaban J connectivity index is 3.00. The van der Waals surface area contributed by atoms with E-state index in [-0.39, 0.29) is 10.5 Å². The highest BCUT2D eigenvalue weighted by Gasteiger charge is 2.19. The zero-order chi connectivity index (χ0) is 15.5. The first-order valence-electron chi connectivity index (χ1n) is 6.24. The lowest BCUT2D eigenvalue weighted by atomic mass is 10.1. The molecular weight excluding hydrogens is 283 g/mol. The normalized spacial score (nSPS) is 13.1. The molecular formula is C13H19FN2O3S. The number of carbonyl (C=O) groups excluding carboxylic acids is 1. The van der Waals surface area contributed by atoms with Crippen LogP contribution in [0, 0.1) is 11.7 Å². The second-order valence-electron chi connectivity index (χ2n) is 4.89.